The molecule has 2 aromatic heterocycles. The SMILES string of the molecule is Fc1ccccc1Cn1cc(CNc2cccnc2)c2ccccc21. The van der Waals surface area contributed by atoms with E-state index in [2.05, 4.69) is 33.2 Å². The molecule has 2 heterocycles. The second kappa shape index (κ2) is 6.77. The Labute approximate surface area is 145 Å². The minimum Gasteiger partial charge on any atom is -0.380 e. The topological polar surface area (TPSA) is 29.9 Å². The minimum atomic E-state index is -0.171. The molecule has 0 saturated carbocycles. The van der Waals surface area contributed by atoms with E-state index in [1.165, 1.54) is 17.0 Å². The number of nitrogens with one attached hydrogen (secondary N) is 1. The van der Waals surface area contributed by atoms with Crippen LogP contribution in [0.2, 0.25) is 0 Å². The number of hydrogen-bond donors (Lipinski definition) is 1. The molecule has 0 aliphatic heterocycles. The molecule has 0 atom stereocenters. The zero-order chi connectivity index (χ0) is 17.1. The molecule has 0 spiro atoms. The highest BCUT2D eigenvalue weighted by molar-refractivity contribution is 5.84. The molecule has 4 aromatic rings. The molecule has 2 aromatic carbocycles. The molecule has 3 nitrogen and oxygen atoms in total. The standard InChI is InChI=1S/C21H18FN3/c22-20-9-3-1-6-16(20)14-25-15-17(19-8-2-4-10-21(19)25)12-24-18-7-5-11-23-13-18/h1-11,13,15,24H,12,14H2. The van der Waals surface area contributed by atoms with Gasteiger partial charge in [0.15, 0.2) is 0 Å². The maximum atomic E-state index is 14.0. The van der Waals surface area contributed by atoms with Crippen LogP contribution in [0, 0.1) is 5.82 Å². The molecule has 25 heavy (non-hydrogen) atoms. The number of hydrogen-bond acceptors (Lipinski definition) is 2. The third-order valence-corrected chi connectivity index (χ3v) is 4.31. The largest absolute Gasteiger partial charge is 0.380 e. The summed E-state index contributed by atoms with van der Waals surface area (Å²) in [5, 5.41) is 4.57. The quantitative estimate of drug-likeness (QED) is 0.567. The van der Waals surface area contributed by atoms with Gasteiger partial charge in [0.25, 0.3) is 0 Å². The highest BCUT2D eigenvalue weighted by Crippen LogP contribution is 2.24. The van der Waals surface area contributed by atoms with Crippen molar-refractivity contribution in [3.8, 4) is 0 Å². The Balaban J connectivity index is 1.65. The molecule has 0 bridgehead atoms. The van der Waals surface area contributed by atoms with E-state index in [0.717, 1.165) is 11.2 Å². The number of halogens is 1. The van der Waals surface area contributed by atoms with Crippen LogP contribution < -0.4 is 5.32 Å². The summed E-state index contributed by atoms with van der Waals surface area (Å²) in [6.45, 7) is 1.20. The zero-order valence-electron chi connectivity index (χ0n) is 13.7. The average Bonchev–Trinajstić information content (AvgIpc) is 3.01. The van der Waals surface area contributed by atoms with Gasteiger partial charge in [0.05, 0.1) is 12.2 Å². The Hall–Kier alpha value is -3.14. The lowest BCUT2D eigenvalue weighted by Gasteiger charge is -2.06. The van der Waals surface area contributed by atoms with E-state index >= 15 is 0 Å². The molecular formula is C21H18FN3. The van der Waals surface area contributed by atoms with E-state index < -0.39 is 0 Å². The van der Waals surface area contributed by atoms with Crippen LogP contribution in [0.15, 0.2) is 79.3 Å². The third-order valence-electron chi connectivity index (χ3n) is 4.31. The van der Waals surface area contributed by atoms with Gasteiger partial charge in [-0.2, -0.15) is 0 Å². The van der Waals surface area contributed by atoms with Gasteiger partial charge in [-0.3, -0.25) is 4.98 Å². The fraction of sp³-hybridized carbons (Fsp3) is 0.0952. The first-order chi connectivity index (χ1) is 12.3. The predicted octanol–water partition coefficient (Wildman–Crippen LogP) is 4.84. The number of benzene rings is 2. The summed E-state index contributed by atoms with van der Waals surface area (Å²) in [5.74, 6) is -0.171. The summed E-state index contributed by atoms with van der Waals surface area (Å²) in [6, 6.07) is 19.0. The van der Waals surface area contributed by atoms with Gasteiger partial charge < -0.3 is 9.88 Å². The highest BCUT2D eigenvalue weighted by Gasteiger charge is 2.10. The zero-order valence-corrected chi connectivity index (χ0v) is 13.7. The van der Waals surface area contributed by atoms with Crippen molar-refractivity contribution in [3.63, 3.8) is 0 Å². The molecular weight excluding hydrogens is 313 g/mol. The van der Waals surface area contributed by atoms with E-state index in [1.54, 1.807) is 18.5 Å². The first-order valence-corrected chi connectivity index (χ1v) is 8.25. The molecule has 4 rings (SSSR count). The summed E-state index contributed by atoms with van der Waals surface area (Å²) in [7, 11) is 0. The molecule has 1 N–H and O–H groups in total. The molecule has 0 aliphatic rings. The fourth-order valence-corrected chi connectivity index (χ4v) is 3.07. The number of aromatic nitrogens is 2. The van der Waals surface area contributed by atoms with Crippen LogP contribution in [0.25, 0.3) is 10.9 Å². The van der Waals surface area contributed by atoms with E-state index in [-0.39, 0.29) is 5.82 Å². The monoisotopic (exact) mass is 331 g/mol. The van der Waals surface area contributed by atoms with Crippen LogP contribution in [0.3, 0.4) is 0 Å². The van der Waals surface area contributed by atoms with Crippen LogP contribution in [0.4, 0.5) is 10.1 Å². The number of anilines is 1. The van der Waals surface area contributed by atoms with Crippen molar-refractivity contribution in [3.05, 3.63) is 96.2 Å². The summed E-state index contributed by atoms with van der Waals surface area (Å²) >= 11 is 0. The molecule has 0 radical (unpaired) electrons. The normalized spacial score (nSPS) is 10.9. The summed E-state index contributed by atoms with van der Waals surface area (Å²) in [6.07, 6.45) is 5.66. The molecule has 124 valence electrons. The van der Waals surface area contributed by atoms with E-state index in [0.29, 0.717) is 18.7 Å². The van der Waals surface area contributed by atoms with Crippen molar-refractivity contribution in [1.82, 2.24) is 9.55 Å². The van der Waals surface area contributed by atoms with Crippen molar-refractivity contribution in [1.29, 1.82) is 0 Å². The minimum absolute atomic E-state index is 0.171. The number of fused-ring (bicyclic) bond motifs is 1. The Morgan fingerprint density at radius 1 is 0.920 bits per heavy atom. The van der Waals surface area contributed by atoms with E-state index in [4.69, 9.17) is 0 Å². The molecule has 4 heteroatoms. The van der Waals surface area contributed by atoms with Gasteiger partial charge in [-0.1, -0.05) is 36.4 Å². The van der Waals surface area contributed by atoms with Crippen molar-refractivity contribution in [2.24, 2.45) is 0 Å². The second-order valence-corrected chi connectivity index (χ2v) is 5.99. The molecule has 0 amide bonds. The number of nitrogens with zero attached hydrogens (tertiary/aromatic N) is 2. The summed E-state index contributed by atoms with van der Waals surface area (Å²) < 4.78 is 16.1. The van der Waals surface area contributed by atoms with Gasteiger partial charge in [-0.05, 0) is 29.8 Å². The predicted molar refractivity (Wildman–Crippen MR) is 99.0 cm³/mol. The molecule has 0 saturated heterocycles. The van der Waals surface area contributed by atoms with Crippen LogP contribution >= 0.6 is 0 Å². The van der Waals surface area contributed by atoms with Crippen LogP contribution in [0.5, 0.6) is 0 Å². The van der Waals surface area contributed by atoms with Crippen molar-refractivity contribution < 1.29 is 4.39 Å². The first-order valence-electron chi connectivity index (χ1n) is 8.25. The van der Waals surface area contributed by atoms with Gasteiger partial charge in [0, 0.05) is 41.6 Å². The summed E-state index contributed by atoms with van der Waals surface area (Å²) in [5.41, 5.74) is 3.95. The van der Waals surface area contributed by atoms with Crippen LogP contribution in [0.1, 0.15) is 11.1 Å². The van der Waals surface area contributed by atoms with Crippen molar-refractivity contribution >= 4 is 16.6 Å². The van der Waals surface area contributed by atoms with Gasteiger partial charge >= 0.3 is 0 Å². The van der Waals surface area contributed by atoms with Gasteiger partial charge in [-0.25, -0.2) is 4.39 Å². The second-order valence-electron chi connectivity index (χ2n) is 5.99. The van der Waals surface area contributed by atoms with Gasteiger partial charge in [0.2, 0.25) is 0 Å². The summed E-state index contributed by atoms with van der Waals surface area (Å²) in [4.78, 5) is 4.12. The van der Waals surface area contributed by atoms with Crippen molar-refractivity contribution in [2.75, 3.05) is 5.32 Å². The Bertz CT molecular complexity index is 992. The lowest BCUT2D eigenvalue weighted by Crippen LogP contribution is -2.01. The lowest BCUT2D eigenvalue weighted by molar-refractivity contribution is 0.602. The smallest absolute Gasteiger partial charge is 0.128 e. The van der Waals surface area contributed by atoms with E-state index in [1.807, 2.05) is 36.4 Å². The Kier molecular flexibility index (Phi) is 4.17. The van der Waals surface area contributed by atoms with Gasteiger partial charge in [-0.15, -0.1) is 0 Å². The number of para-hydroxylation sites is 1. The maximum absolute atomic E-state index is 14.0. The molecule has 0 aliphatic carbocycles. The lowest BCUT2D eigenvalue weighted by atomic mass is 10.2. The average molecular weight is 331 g/mol. The fourth-order valence-electron chi connectivity index (χ4n) is 3.07. The van der Waals surface area contributed by atoms with Crippen molar-refractivity contribution in [2.45, 2.75) is 13.1 Å². The molecule has 0 fully saturated rings. The highest BCUT2D eigenvalue weighted by atomic mass is 19.1. The first kappa shape index (κ1) is 15.4. The van der Waals surface area contributed by atoms with Crippen LogP contribution in [-0.4, -0.2) is 9.55 Å². The van der Waals surface area contributed by atoms with Gasteiger partial charge in [0.1, 0.15) is 5.82 Å². The number of pyridine rings is 1. The Morgan fingerprint density at radius 3 is 2.60 bits per heavy atom. The Morgan fingerprint density at radius 2 is 1.76 bits per heavy atom. The number of rotatable bonds is 5. The third kappa shape index (κ3) is 3.24. The van der Waals surface area contributed by atoms with Crippen LogP contribution in [-0.2, 0) is 13.1 Å². The maximum Gasteiger partial charge on any atom is 0.128 e. The molecule has 0 unspecified atom stereocenters. The van der Waals surface area contributed by atoms with E-state index in [9.17, 15) is 4.39 Å².